The Balaban J connectivity index is 1.85. The van der Waals surface area contributed by atoms with Crippen LogP contribution in [0.15, 0.2) is 0 Å². The highest BCUT2D eigenvalue weighted by atomic mass is 16.3. The first-order chi connectivity index (χ1) is 10.5. The number of β-amino-alcohol motifs (C(OH)–C–C–N with tert-alkyl or cyclic N) is 1. The summed E-state index contributed by atoms with van der Waals surface area (Å²) in [6.07, 6.45) is 5.13. The van der Waals surface area contributed by atoms with Gasteiger partial charge in [0.05, 0.1) is 5.60 Å². The lowest BCUT2D eigenvalue weighted by Gasteiger charge is -2.44. The van der Waals surface area contributed by atoms with Crippen molar-refractivity contribution in [3.8, 4) is 0 Å². The van der Waals surface area contributed by atoms with Gasteiger partial charge in [-0.2, -0.15) is 5.21 Å². The third kappa shape index (κ3) is 2.41. The number of nitrogens with zero attached hydrogens (tertiary/aromatic N) is 4. The van der Waals surface area contributed by atoms with Crippen molar-refractivity contribution in [2.45, 2.75) is 63.4 Å². The first kappa shape index (κ1) is 15.4. The summed E-state index contributed by atoms with van der Waals surface area (Å²) in [6.45, 7) is 5.13. The molecule has 7 heteroatoms. The molecule has 1 amide bonds. The van der Waals surface area contributed by atoms with Gasteiger partial charge in [0, 0.05) is 13.1 Å². The van der Waals surface area contributed by atoms with Gasteiger partial charge in [0.2, 0.25) is 5.91 Å². The van der Waals surface area contributed by atoms with Crippen molar-refractivity contribution in [1.82, 2.24) is 25.5 Å². The summed E-state index contributed by atoms with van der Waals surface area (Å²) in [6, 6.07) is 0. The molecule has 1 saturated heterocycles. The Hall–Kier alpha value is -1.50. The minimum absolute atomic E-state index is 0.0603. The second-order valence-electron chi connectivity index (χ2n) is 7.11. The van der Waals surface area contributed by atoms with Crippen LogP contribution in [-0.4, -0.2) is 55.2 Å². The average molecular weight is 307 g/mol. The van der Waals surface area contributed by atoms with Gasteiger partial charge in [0.15, 0.2) is 5.82 Å². The van der Waals surface area contributed by atoms with Gasteiger partial charge >= 0.3 is 0 Å². The number of hydrogen-bond acceptors (Lipinski definition) is 5. The number of amides is 1. The number of aromatic amines is 1. The molecule has 22 heavy (non-hydrogen) atoms. The molecule has 3 rings (SSSR count). The third-order valence-electron chi connectivity index (χ3n) is 5.50. The maximum Gasteiger partial charge on any atom is 0.236 e. The largest absolute Gasteiger partial charge is 0.388 e. The molecule has 0 spiro atoms. The van der Waals surface area contributed by atoms with E-state index in [4.69, 9.17) is 0 Å². The minimum atomic E-state index is -0.787. The second kappa shape index (κ2) is 5.61. The van der Waals surface area contributed by atoms with E-state index in [0.29, 0.717) is 18.9 Å². The van der Waals surface area contributed by atoms with E-state index in [2.05, 4.69) is 20.6 Å². The number of carbonyl (C=O) groups is 1. The van der Waals surface area contributed by atoms with Crippen LogP contribution in [-0.2, 0) is 10.2 Å². The number of rotatable bonds is 3. The summed E-state index contributed by atoms with van der Waals surface area (Å²) >= 11 is 0. The van der Waals surface area contributed by atoms with E-state index in [1.54, 1.807) is 0 Å². The Morgan fingerprint density at radius 1 is 1.27 bits per heavy atom. The second-order valence-corrected chi connectivity index (χ2v) is 7.11. The van der Waals surface area contributed by atoms with Crippen molar-refractivity contribution in [3.05, 3.63) is 5.82 Å². The summed E-state index contributed by atoms with van der Waals surface area (Å²) in [4.78, 5) is 15.0. The molecule has 1 saturated carbocycles. The number of tetrazole rings is 1. The van der Waals surface area contributed by atoms with Gasteiger partial charge in [-0.05, 0) is 31.6 Å². The predicted molar refractivity (Wildman–Crippen MR) is 79.9 cm³/mol. The standard InChI is InChI=1S/C15H25N5O2/c1-11(2)15(22)8-5-9-20(10-15)13(21)14(6-3-4-7-14)12-16-18-19-17-12/h11,22H,3-10H2,1-2H3,(H,16,17,18,19). The normalized spacial score (nSPS) is 28.3. The highest BCUT2D eigenvalue weighted by Crippen LogP contribution is 2.42. The molecule has 0 aromatic carbocycles. The van der Waals surface area contributed by atoms with E-state index >= 15 is 0 Å². The topological polar surface area (TPSA) is 95.0 Å². The molecule has 2 fully saturated rings. The quantitative estimate of drug-likeness (QED) is 0.869. The molecule has 122 valence electrons. The van der Waals surface area contributed by atoms with Crippen LogP contribution in [0.5, 0.6) is 0 Å². The number of aliphatic hydroxyl groups is 1. The van der Waals surface area contributed by atoms with E-state index in [-0.39, 0.29) is 11.8 Å². The first-order valence-electron chi connectivity index (χ1n) is 8.24. The van der Waals surface area contributed by atoms with Crippen LogP contribution in [0.1, 0.15) is 58.2 Å². The number of carbonyl (C=O) groups excluding carboxylic acids is 1. The van der Waals surface area contributed by atoms with Gasteiger partial charge < -0.3 is 10.0 Å². The van der Waals surface area contributed by atoms with E-state index < -0.39 is 11.0 Å². The molecular weight excluding hydrogens is 282 g/mol. The number of nitrogens with one attached hydrogen (secondary N) is 1. The van der Waals surface area contributed by atoms with E-state index in [1.165, 1.54) is 0 Å². The van der Waals surface area contributed by atoms with Crippen molar-refractivity contribution in [2.75, 3.05) is 13.1 Å². The fraction of sp³-hybridized carbons (Fsp3) is 0.867. The minimum Gasteiger partial charge on any atom is -0.388 e. The Labute approximate surface area is 130 Å². The Kier molecular flexibility index (Phi) is 3.92. The fourth-order valence-electron chi connectivity index (χ4n) is 3.89. The van der Waals surface area contributed by atoms with Crippen molar-refractivity contribution in [2.24, 2.45) is 5.92 Å². The lowest BCUT2D eigenvalue weighted by Crippen LogP contribution is -2.57. The summed E-state index contributed by atoms with van der Waals surface area (Å²) in [5.41, 5.74) is -1.44. The SMILES string of the molecule is CC(C)C1(O)CCCN(C(=O)C2(c3nn[nH]n3)CCCC2)C1. The van der Waals surface area contributed by atoms with Crippen LogP contribution in [0.3, 0.4) is 0 Å². The maximum absolute atomic E-state index is 13.2. The number of hydrogen-bond donors (Lipinski definition) is 2. The van der Waals surface area contributed by atoms with Crippen LogP contribution >= 0.6 is 0 Å². The van der Waals surface area contributed by atoms with Gasteiger partial charge in [-0.1, -0.05) is 31.9 Å². The summed E-state index contributed by atoms with van der Waals surface area (Å²) in [5.74, 6) is 0.701. The van der Waals surface area contributed by atoms with Crippen LogP contribution in [0.25, 0.3) is 0 Å². The number of aromatic nitrogens is 4. The zero-order valence-electron chi connectivity index (χ0n) is 13.4. The Morgan fingerprint density at radius 2 is 2.00 bits per heavy atom. The number of likely N-dealkylation sites (tertiary alicyclic amines) is 1. The summed E-state index contributed by atoms with van der Waals surface area (Å²) < 4.78 is 0. The summed E-state index contributed by atoms with van der Waals surface area (Å²) in [7, 11) is 0. The summed E-state index contributed by atoms with van der Waals surface area (Å²) in [5, 5.41) is 25.1. The average Bonchev–Trinajstić information content (AvgIpc) is 3.18. The molecule has 1 aliphatic carbocycles. The van der Waals surface area contributed by atoms with E-state index in [0.717, 1.165) is 38.5 Å². The highest BCUT2D eigenvalue weighted by molar-refractivity contribution is 5.87. The van der Waals surface area contributed by atoms with Crippen molar-refractivity contribution < 1.29 is 9.90 Å². The molecule has 1 aromatic rings. The van der Waals surface area contributed by atoms with Crippen molar-refractivity contribution in [3.63, 3.8) is 0 Å². The van der Waals surface area contributed by atoms with Crippen LogP contribution in [0.2, 0.25) is 0 Å². The molecule has 1 aromatic heterocycles. The van der Waals surface area contributed by atoms with Gasteiger partial charge in [-0.3, -0.25) is 4.79 Å². The Morgan fingerprint density at radius 3 is 2.59 bits per heavy atom. The smallest absolute Gasteiger partial charge is 0.236 e. The zero-order valence-corrected chi connectivity index (χ0v) is 13.4. The van der Waals surface area contributed by atoms with Crippen molar-refractivity contribution in [1.29, 1.82) is 0 Å². The van der Waals surface area contributed by atoms with E-state index in [1.807, 2.05) is 18.7 Å². The molecule has 2 aliphatic rings. The predicted octanol–water partition coefficient (Wildman–Crippen LogP) is 1.02. The van der Waals surface area contributed by atoms with Crippen LogP contribution < -0.4 is 0 Å². The Bertz CT molecular complexity index is 524. The molecule has 7 nitrogen and oxygen atoms in total. The number of piperidine rings is 1. The maximum atomic E-state index is 13.2. The zero-order chi connectivity index (χ0) is 15.8. The lowest BCUT2D eigenvalue weighted by molar-refractivity contribution is -0.147. The molecule has 0 bridgehead atoms. The van der Waals surface area contributed by atoms with Crippen LogP contribution in [0.4, 0.5) is 0 Å². The molecule has 0 radical (unpaired) electrons. The van der Waals surface area contributed by atoms with E-state index in [9.17, 15) is 9.90 Å². The lowest BCUT2D eigenvalue weighted by atomic mass is 9.79. The first-order valence-corrected chi connectivity index (χ1v) is 8.24. The molecule has 2 N–H and O–H groups in total. The molecule has 1 atom stereocenters. The molecular formula is C15H25N5O2. The number of H-pyrrole nitrogens is 1. The van der Waals surface area contributed by atoms with Crippen LogP contribution in [0, 0.1) is 5.92 Å². The van der Waals surface area contributed by atoms with Gasteiger partial charge in [-0.25, -0.2) is 0 Å². The van der Waals surface area contributed by atoms with Gasteiger partial charge in [0.25, 0.3) is 0 Å². The monoisotopic (exact) mass is 307 g/mol. The highest BCUT2D eigenvalue weighted by Gasteiger charge is 2.50. The molecule has 1 aliphatic heterocycles. The van der Waals surface area contributed by atoms with Crippen molar-refractivity contribution >= 4 is 5.91 Å². The molecule has 1 unspecified atom stereocenters. The molecule has 2 heterocycles. The van der Waals surface area contributed by atoms with Gasteiger partial charge in [-0.15, -0.1) is 10.2 Å². The van der Waals surface area contributed by atoms with Gasteiger partial charge in [0.1, 0.15) is 5.41 Å². The fourth-order valence-corrected chi connectivity index (χ4v) is 3.89. The third-order valence-corrected chi connectivity index (χ3v) is 5.50.